The highest BCUT2D eigenvalue weighted by Crippen LogP contribution is 2.26. The van der Waals surface area contributed by atoms with E-state index in [9.17, 15) is 4.79 Å². The molecule has 0 saturated heterocycles. The van der Waals surface area contributed by atoms with E-state index in [0.29, 0.717) is 5.58 Å². The third kappa shape index (κ3) is 1.11. The largest absolute Gasteiger partial charge is 0.423 e. The predicted octanol–water partition coefficient (Wildman–Crippen LogP) is 2.59. The van der Waals surface area contributed by atoms with Crippen molar-refractivity contribution < 1.29 is 4.42 Å². The van der Waals surface area contributed by atoms with Crippen LogP contribution in [0.4, 0.5) is 0 Å². The van der Waals surface area contributed by atoms with Gasteiger partial charge >= 0.3 is 5.63 Å². The molecule has 3 aromatic rings. The molecule has 0 N–H and O–H groups in total. The summed E-state index contributed by atoms with van der Waals surface area (Å²) < 4.78 is 7.28. The Labute approximate surface area is 91.9 Å². The molecule has 3 nitrogen and oxygen atoms in total. The molecule has 80 valence electrons. The average molecular weight is 213 g/mol. The first-order chi connectivity index (χ1) is 7.66. The second-order valence-electron chi connectivity index (χ2n) is 4.01. The number of hydrogen-bond donors (Lipinski definition) is 0. The Kier molecular flexibility index (Phi) is 1.72. The lowest BCUT2D eigenvalue weighted by atomic mass is 10.1. The summed E-state index contributed by atoms with van der Waals surface area (Å²) in [7, 11) is 2.03. The molecule has 3 heteroatoms. The summed E-state index contributed by atoms with van der Waals surface area (Å²) in [6.07, 6.45) is 0. The Balaban J connectivity index is 2.59. The first-order valence-electron chi connectivity index (χ1n) is 5.16. The molecule has 0 radical (unpaired) electrons. The van der Waals surface area contributed by atoms with E-state index >= 15 is 0 Å². The molecule has 0 unspecified atom stereocenters. The minimum Gasteiger partial charge on any atom is -0.423 e. The van der Waals surface area contributed by atoms with E-state index in [1.165, 1.54) is 11.8 Å². The third-order valence-electron chi connectivity index (χ3n) is 3.06. The van der Waals surface area contributed by atoms with Crippen LogP contribution in [0.2, 0.25) is 0 Å². The Morgan fingerprint density at radius 1 is 1.12 bits per heavy atom. The van der Waals surface area contributed by atoms with Gasteiger partial charge in [0.05, 0.1) is 0 Å². The van der Waals surface area contributed by atoms with Crippen molar-refractivity contribution in [2.45, 2.75) is 6.92 Å². The maximum Gasteiger partial charge on any atom is 0.336 e. The van der Waals surface area contributed by atoms with Gasteiger partial charge in [0.25, 0.3) is 0 Å². The second-order valence-corrected chi connectivity index (χ2v) is 4.01. The molecule has 16 heavy (non-hydrogen) atoms. The van der Waals surface area contributed by atoms with Crippen LogP contribution in [0.25, 0.3) is 21.9 Å². The van der Waals surface area contributed by atoms with E-state index in [2.05, 4.69) is 17.6 Å². The monoisotopic (exact) mass is 213 g/mol. The summed E-state index contributed by atoms with van der Waals surface area (Å²) in [5.74, 6) is 0. The number of nitrogens with zero attached hydrogens (tertiary/aromatic N) is 1. The average Bonchev–Trinajstić information content (AvgIpc) is 2.55. The lowest BCUT2D eigenvalue weighted by molar-refractivity contribution is 0.561. The van der Waals surface area contributed by atoms with Crippen LogP contribution in [0.15, 0.2) is 39.5 Å². The van der Waals surface area contributed by atoms with Crippen LogP contribution in [0.5, 0.6) is 0 Å². The molecule has 1 aromatic carbocycles. The fraction of sp³-hybridized carbons (Fsp3) is 0.154. The van der Waals surface area contributed by atoms with Crippen LogP contribution >= 0.6 is 0 Å². The third-order valence-corrected chi connectivity index (χ3v) is 3.06. The van der Waals surface area contributed by atoms with Gasteiger partial charge < -0.3 is 8.98 Å². The minimum atomic E-state index is -0.306. The van der Waals surface area contributed by atoms with Gasteiger partial charge in [-0.3, -0.25) is 0 Å². The van der Waals surface area contributed by atoms with Crippen molar-refractivity contribution in [1.82, 2.24) is 4.57 Å². The topological polar surface area (TPSA) is 35.1 Å². The molecule has 0 aliphatic carbocycles. The van der Waals surface area contributed by atoms with Gasteiger partial charge in [-0.25, -0.2) is 4.79 Å². The van der Waals surface area contributed by atoms with E-state index in [4.69, 9.17) is 4.42 Å². The number of rotatable bonds is 0. The molecule has 0 saturated carbocycles. The summed E-state index contributed by atoms with van der Waals surface area (Å²) in [6.45, 7) is 2.06. The van der Waals surface area contributed by atoms with Gasteiger partial charge in [0.1, 0.15) is 5.58 Å². The van der Waals surface area contributed by atoms with Crippen LogP contribution in [0.1, 0.15) is 5.69 Å². The molecule has 0 spiro atoms. The van der Waals surface area contributed by atoms with Crippen molar-refractivity contribution in [1.29, 1.82) is 0 Å². The van der Waals surface area contributed by atoms with Crippen molar-refractivity contribution >= 4 is 21.9 Å². The maximum absolute atomic E-state index is 11.1. The van der Waals surface area contributed by atoms with Crippen molar-refractivity contribution in [2.75, 3.05) is 0 Å². The van der Waals surface area contributed by atoms with E-state index in [1.54, 1.807) is 0 Å². The van der Waals surface area contributed by atoms with Crippen LogP contribution < -0.4 is 5.63 Å². The lowest BCUT2D eigenvalue weighted by Crippen LogP contribution is -1.94. The maximum atomic E-state index is 11.1. The Hall–Kier alpha value is -2.03. The molecule has 0 atom stereocenters. The van der Waals surface area contributed by atoms with Gasteiger partial charge in [-0.15, -0.1) is 0 Å². The van der Waals surface area contributed by atoms with E-state index in [1.807, 2.05) is 25.2 Å². The summed E-state index contributed by atoms with van der Waals surface area (Å²) in [4.78, 5) is 11.1. The van der Waals surface area contributed by atoms with Crippen LogP contribution in [0.3, 0.4) is 0 Å². The highest BCUT2D eigenvalue weighted by molar-refractivity contribution is 6.04. The molecule has 2 heterocycles. The van der Waals surface area contributed by atoms with Gasteiger partial charge in [0.2, 0.25) is 0 Å². The predicted molar refractivity (Wildman–Crippen MR) is 63.7 cm³/mol. The zero-order valence-corrected chi connectivity index (χ0v) is 9.15. The number of benzene rings is 1. The molecular formula is C13H11NO2. The quantitative estimate of drug-likeness (QED) is 0.538. The lowest BCUT2D eigenvalue weighted by Gasteiger charge is -2.00. The molecule has 0 amide bonds. The molecule has 0 aliphatic rings. The summed E-state index contributed by atoms with van der Waals surface area (Å²) in [5.41, 5.74) is 2.68. The summed E-state index contributed by atoms with van der Waals surface area (Å²) in [6, 6.07) is 9.22. The first kappa shape index (κ1) is 9.21. The van der Waals surface area contributed by atoms with Crippen molar-refractivity contribution in [3.8, 4) is 0 Å². The van der Waals surface area contributed by atoms with E-state index < -0.39 is 0 Å². The van der Waals surface area contributed by atoms with Gasteiger partial charge in [-0.05, 0) is 31.2 Å². The summed E-state index contributed by atoms with van der Waals surface area (Å²) in [5, 5.41) is 2.11. The first-order valence-corrected chi connectivity index (χ1v) is 5.16. The van der Waals surface area contributed by atoms with Crippen molar-refractivity contribution in [3.05, 3.63) is 46.4 Å². The van der Waals surface area contributed by atoms with Crippen LogP contribution in [-0.4, -0.2) is 4.57 Å². The van der Waals surface area contributed by atoms with Crippen molar-refractivity contribution in [3.63, 3.8) is 0 Å². The van der Waals surface area contributed by atoms with Crippen LogP contribution in [0, 0.1) is 6.92 Å². The zero-order valence-electron chi connectivity index (χ0n) is 9.15. The molecule has 2 aromatic heterocycles. The smallest absolute Gasteiger partial charge is 0.336 e. The molecule has 0 aliphatic heterocycles. The molecule has 3 rings (SSSR count). The SMILES string of the molecule is Cc1cc2c3ccc(=O)oc3ccc2n1C. The number of aryl methyl sites for hydroxylation is 2. The highest BCUT2D eigenvalue weighted by Gasteiger charge is 2.07. The second kappa shape index (κ2) is 2.98. The number of aromatic nitrogens is 1. The van der Waals surface area contributed by atoms with Gasteiger partial charge in [-0.2, -0.15) is 0 Å². The number of hydrogen-bond acceptors (Lipinski definition) is 2. The van der Waals surface area contributed by atoms with Gasteiger partial charge in [-0.1, -0.05) is 0 Å². The van der Waals surface area contributed by atoms with Crippen molar-refractivity contribution in [2.24, 2.45) is 7.05 Å². The summed E-state index contributed by atoms with van der Waals surface area (Å²) >= 11 is 0. The van der Waals surface area contributed by atoms with Gasteiger partial charge in [0, 0.05) is 35.1 Å². The minimum absolute atomic E-state index is 0.306. The fourth-order valence-electron chi connectivity index (χ4n) is 2.10. The van der Waals surface area contributed by atoms with Gasteiger partial charge in [0.15, 0.2) is 0 Å². The van der Waals surface area contributed by atoms with Crippen LogP contribution in [-0.2, 0) is 7.05 Å². The normalized spacial score (nSPS) is 11.4. The Bertz CT molecular complexity index is 750. The number of fused-ring (bicyclic) bond motifs is 3. The van der Waals surface area contributed by atoms with E-state index in [-0.39, 0.29) is 5.63 Å². The molecule has 0 bridgehead atoms. The fourth-order valence-corrected chi connectivity index (χ4v) is 2.10. The Morgan fingerprint density at radius 2 is 1.94 bits per heavy atom. The zero-order chi connectivity index (χ0) is 11.3. The molecule has 0 fully saturated rings. The highest BCUT2D eigenvalue weighted by atomic mass is 16.4. The standard InChI is InChI=1S/C13H11NO2/c1-8-7-10-9-3-6-13(15)16-12(9)5-4-11(10)14(8)2/h3-7H,1-2H3. The Morgan fingerprint density at radius 3 is 2.75 bits per heavy atom. The van der Waals surface area contributed by atoms with E-state index in [0.717, 1.165) is 16.3 Å². The molecular weight excluding hydrogens is 202 g/mol.